The number of esters is 1. The molecule has 0 spiro atoms. The van der Waals surface area contributed by atoms with Gasteiger partial charge in [0.25, 0.3) is 0 Å². The van der Waals surface area contributed by atoms with E-state index in [1.165, 1.54) is 12.5 Å². The molecule has 0 bridgehead atoms. The lowest BCUT2D eigenvalue weighted by Crippen LogP contribution is -2.52. The maximum atomic E-state index is 12.5. The summed E-state index contributed by atoms with van der Waals surface area (Å²) in [6.45, 7) is 3.63. The van der Waals surface area contributed by atoms with E-state index in [1.807, 2.05) is 0 Å². The molecule has 0 radical (unpaired) electrons. The van der Waals surface area contributed by atoms with Gasteiger partial charge >= 0.3 is 5.97 Å². The Hall–Kier alpha value is -1.65. The van der Waals surface area contributed by atoms with Crippen LogP contribution in [-0.2, 0) is 14.3 Å². The van der Waals surface area contributed by atoms with Crippen molar-refractivity contribution in [2.75, 3.05) is 0 Å². The van der Waals surface area contributed by atoms with Crippen molar-refractivity contribution < 1.29 is 19.5 Å². The van der Waals surface area contributed by atoms with Crippen LogP contribution in [-0.4, -0.2) is 29.3 Å². The first-order chi connectivity index (χ1) is 12.4. The van der Waals surface area contributed by atoms with Gasteiger partial charge < -0.3 is 9.94 Å². The Bertz CT molecular complexity index is 683. The number of ether oxygens (including phenoxy) is 1. The lowest BCUT2D eigenvalue weighted by atomic mass is 9.48. The van der Waals surface area contributed by atoms with E-state index in [1.54, 1.807) is 6.21 Å². The summed E-state index contributed by atoms with van der Waals surface area (Å²) >= 11 is 0. The van der Waals surface area contributed by atoms with Gasteiger partial charge in [0, 0.05) is 30.6 Å². The summed E-state index contributed by atoms with van der Waals surface area (Å²) in [4.78, 5) is 23.9. The van der Waals surface area contributed by atoms with Crippen LogP contribution < -0.4 is 0 Å². The molecular formula is C21H29NO4. The van der Waals surface area contributed by atoms with E-state index in [2.05, 4.69) is 18.2 Å². The molecule has 26 heavy (non-hydrogen) atoms. The highest BCUT2D eigenvalue weighted by atomic mass is 16.5. The molecule has 0 aromatic carbocycles. The standard InChI is InChI=1S/C21H29NO4/c1-13(23)26-15-7-10-21(12-22-25)14(11-15)3-4-16-17-5-6-19(24)20(17,2)9-8-18(16)21/h3,12,15-18,25H,4-11H2,1-2H3/b22-12-/t15-,16-,17-,18-,20-,21+/m0/s1. The SMILES string of the molecule is CC(=O)O[C@H]1CC[C@@]2(/C=N\O)C(=CC[C@@H]3[C@@H]2CC[C@]2(C)C(=O)CC[C@@H]32)C1. The van der Waals surface area contributed by atoms with Crippen LogP contribution in [0.25, 0.3) is 0 Å². The molecule has 0 aromatic heterocycles. The molecule has 0 heterocycles. The van der Waals surface area contributed by atoms with E-state index in [0.717, 1.165) is 51.4 Å². The number of hydrogen-bond donors (Lipinski definition) is 1. The first-order valence-corrected chi connectivity index (χ1v) is 9.99. The number of hydrogen-bond acceptors (Lipinski definition) is 5. The Labute approximate surface area is 154 Å². The molecule has 0 aliphatic heterocycles. The number of carbonyl (C=O) groups excluding carboxylic acids is 2. The van der Waals surface area contributed by atoms with Gasteiger partial charge in [-0.05, 0) is 56.3 Å². The zero-order valence-corrected chi connectivity index (χ0v) is 15.7. The molecule has 142 valence electrons. The fourth-order valence-corrected chi connectivity index (χ4v) is 6.78. The van der Waals surface area contributed by atoms with Crippen LogP contribution in [0.3, 0.4) is 0 Å². The van der Waals surface area contributed by atoms with Crippen molar-refractivity contribution in [3.63, 3.8) is 0 Å². The third kappa shape index (κ3) is 2.46. The molecule has 5 nitrogen and oxygen atoms in total. The lowest BCUT2D eigenvalue weighted by Gasteiger charge is -2.56. The van der Waals surface area contributed by atoms with E-state index < -0.39 is 0 Å². The smallest absolute Gasteiger partial charge is 0.302 e. The number of nitrogens with zero attached hydrogens (tertiary/aromatic N) is 1. The normalized spacial score (nSPS) is 44.8. The first-order valence-electron chi connectivity index (χ1n) is 9.99. The summed E-state index contributed by atoms with van der Waals surface area (Å²) in [6, 6.07) is 0. The minimum absolute atomic E-state index is 0.0718. The van der Waals surface area contributed by atoms with Crippen LogP contribution in [0.15, 0.2) is 16.8 Å². The van der Waals surface area contributed by atoms with Gasteiger partial charge in [-0.2, -0.15) is 0 Å². The second kappa shape index (κ2) is 6.21. The van der Waals surface area contributed by atoms with Crippen molar-refractivity contribution in [1.82, 2.24) is 0 Å². The van der Waals surface area contributed by atoms with Gasteiger partial charge in [0.1, 0.15) is 11.9 Å². The molecule has 1 N–H and O–H groups in total. The molecule has 4 aliphatic carbocycles. The Morgan fingerprint density at radius 1 is 1.31 bits per heavy atom. The highest BCUT2D eigenvalue weighted by Gasteiger charge is 2.59. The van der Waals surface area contributed by atoms with Crippen LogP contribution >= 0.6 is 0 Å². The summed E-state index contributed by atoms with van der Waals surface area (Å²) < 4.78 is 5.47. The highest BCUT2D eigenvalue weighted by molar-refractivity contribution is 5.87. The van der Waals surface area contributed by atoms with Gasteiger partial charge in [0.15, 0.2) is 0 Å². The Kier molecular flexibility index (Phi) is 4.24. The van der Waals surface area contributed by atoms with Gasteiger partial charge in [0.2, 0.25) is 0 Å². The lowest BCUT2D eigenvalue weighted by molar-refractivity contribution is -0.148. The number of rotatable bonds is 2. The molecule has 4 rings (SSSR count). The number of Topliss-reactive ketones (excluding diaryl/α,β-unsaturated/α-hetero) is 1. The van der Waals surface area contributed by atoms with Crippen molar-refractivity contribution in [3.05, 3.63) is 11.6 Å². The van der Waals surface area contributed by atoms with Crippen LogP contribution in [0.1, 0.15) is 65.2 Å². The Balaban J connectivity index is 1.67. The summed E-state index contributed by atoms with van der Waals surface area (Å²) in [6.07, 6.45) is 11.0. The number of allylic oxidation sites excluding steroid dienone is 1. The molecule has 0 unspecified atom stereocenters. The average molecular weight is 359 g/mol. The largest absolute Gasteiger partial charge is 0.462 e. The summed E-state index contributed by atoms with van der Waals surface area (Å²) in [5.74, 6) is 1.55. The topological polar surface area (TPSA) is 76.0 Å². The third-order valence-corrected chi connectivity index (χ3v) is 7.99. The van der Waals surface area contributed by atoms with Crippen LogP contribution in [0.2, 0.25) is 0 Å². The predicted octanol–water partition coefficient (Wildman–Crippen LogP) is 3.89. The molecule has 5 heteroatoms. The molecule has 0 amide bonds. The predicted molar refractivity (Wildman–Crippen MR) is 96.9 cm³/mol. The maximum Gasteiger partial charge on any atom is 0.302 e. The Morgan fingerprint density at radius 3 is 2.85 bits per heavy atom. The van der Waals surface area contributed by atoms with Crippen molar-refractivity contribution in [2.45, 2.75) is 71.3 Å². The highest BCUT2D eigenvalue weighted by Crippen LogP contribution is 2.63. The molecule has 3 saturated carbocycles. The van der Waals surface area contributed by atoms with Gasteiger partial charge in [-0.1, -0.05) is 18.6 Å². The van der Waals surface area contributed by atoms with Crippen molar-refractivity contribution >= 4 is 18.0 Å². The van der Waals surface area contributed by atoms with Crippen LogP contribution in [0.4, 0.5) is 0 Å². The van der Waals surface area contributed by atoms with Crippen molar-refractivity contribution in [1.29, 1.82) is 0 Å². The molecule has 6 atom stereocenters. The minimum Gasteiger partial charge on any atom is -0.462 e. The van der Waals surface area contributed by atoms with Gasteiger partial charge in [0.05, 0.1) is 6.21 Å². The van der Waals surface area contributed by atoms with Gasteiger partial charge in [-0.3, -0.25) is 9.59 Å². The molecule has 0 aromatic rings. The monoisotopic (exact) mass is 359 g/mol. The van der Waals surface area contributed by atoms with E-state index in [0.29, 0.717) is 23.5 Å². The second-order valence-electron chi connectivity index (χ2n) is 9.02. The zero-order valence-electron chi connectivity index (χ0n) is 15.7. The number of oxime groups is 1. The quantitative estimate of drug-likeness (QED) is 0.267. The summed E-state index contributed by atoms with van der Waals surface area (Å²) in [5, 5.41) is 12.9. The zero-order chi connectivity index (χ0) is 18.5. The van der Waals surface area contributed by atoms with Gasteiger partial charge in [-0.15, -0.1) is 5.16 Å². The van der Waals surface area contributed by atoms with Gasteiger partial charge in [-0.25, -0.2) is 0 Å². The summed E-state index contributed by atoms with van der Waals surface area (Å²) in [5.41, 5.74) is 0.877. The number of fused-ring (bicyclic) bond motifs is 5. The van der Waals surface area contributed by atoms with E-state index in [-0.39, 0.29) is 22.9 Å². The van der Waals surface area contributed by atoms with E-state index >= 15 is 0 Å². The average Bonchev–Trinajstić information content (AvgIpc) is 2.90. The second-order valence-corrected chi connectivity index (χ2v) is 9.02. The molecule has 4 aliphatic rings. The van der Waals surface area contributed by atoms with E-state index in [4.69, 9.17) is 4.74 Å². The van der Waals surface area contributed by atoms with Crippen LogP contribution in [0.5, 0.6) is 0 Å². The van der Waals surface area contributed by atoms with Crippen molar-refractivity contribution in [2.24, 2.45) is 33.7 Å². The minimum atomic E-state index is -0.235. The molecule has 0 saturated heterocycles. The third-order valence-electron chi connectivity index (χ3n) is 7.99. The molecular weight excluding hydrogens is 330 g/mol. The maximum absolute atomic E-state index is 12.5. The van der Waals surface area contributed by atoms with Crippen molar-refractivity contribution in [3.8, 4) is 0 Å². The van der Waals surface area contributed by atoms with Crippen LogP contribution in [0, 0.1) is 28.6 Å². The first kappa shape index (κ1) is 17.7. The Morgan fingerprint density at radius 2 is 2.12 bits per heavy atom. The fraction of sp³-hybridized carbons (Fsp3) is 0.762. The van der Waals surface area contributed by atoms with E-state index in [9.17, 15) is 14.8 Å². The number of carbonyl (C=O) groups is 2. The number of ketones is 1. The molecule has 3 fully saturated rings. The summed E-state index contributed by atoms with van der Waals surface area (Å²) in [7, 11) is 0. The fourth-order valence-electron chi connectivity index (χ4n) is 6.78.